The maximum absolute atomic E-state index is 10.6. The molecule has 15 heavy (non-hydrogen) atoms. The second kappa shape index (κ2) is 7.23. The summed E-state index contributed by atoms with van der Waals surface area (Å²) in [6.07, 6.45) is 7.16. The lowest BCUT2D eigenvalue weighted by atomic mass is 10.2. The molecule has 0 atom stereocenters. The Kier molecular flexibility index (Phi) is 7.19. The molecule has 0 aliphatic carbocycles. The Labute approximate surface area is 96.7 Å². The van der Waals surface area contributed by atoms with Crippen molar-refractivity contribution in [1.29, 1.82) is 0 Å². The molecule has 0 bridgehead atoms. The molecule has 0 aromatic rings. The fourth-order valence-electron chi connectivity index (χ4n) is 1.84. The van der Waals surface area contributed by atoms with Crippen LogP contribution in [-0.4, -0.2) is 13.1 Å². The topological polar surface area (TPSA) is 20.2 Å². The summed E-state index contributed by atoms with van der Waals surface area (Å²) in [5.41, 5.74) is 2.98. The van der Waals surface area contributed by atoms with E-state index in [0.29, 0.717) is 11.1 Å². The SMILES string of the molecule is CCCCC/C=C/[Si](O)(C(C)C)C(C)C. The first-order valence-electron chi connectivity index (χ1n) is 6.35. The molecule has 0 fully saturated rings. The van der Waals surface area contributed by atoms with E-state index in [2.05, 4.69) is 46.4 Å². The standard InChI is InChI=1S/C13H28OSi/c1-6-7-8-9-10-11-15(14,12(2)3)13(4)5/h10-14H,6-9H2,1-5H3/b11-10+. The third kappa shape index (κ3) is 4.98. The first kappa shape index (κ1) is 14.9. The van der Waals surface area contributed by atoms with Crippen LogP contribution in [-0.2, 0) is 0 Å². The first-order chi connectivity index (χ1) is 6.95. The monoisotopic (exact) mass is 228 g/mol. The third-order valence-corrected chi connectivity index (χ3v) is 7.68. The van der Waals surface area contributed by atoms with E-state index in [-0.39, 0.29) is 0 Å². The number of hydrogen-bond acceptors (Lipinski definition) is 1. The van der Waals surface area contributed by atoms with Crippen molar-refractivity contribution in [1.82, 2.24) is 0 Å². The van der Waals surface area contributed by atoms with E-state index < -0.39 is 8.32 Å². The Bertz CT molecular complexity index is 177. The van der Waals surface area contributed by atoms with Crippen LogP contribution in [0, 0.1) is 0 Å². The lowest BCUT2D eigenvalue weighted by Crippen LogP contribution is -2.39. The second-order valence-electron chi connectivity index (χ2n) is 5.09. The smallest absolute Gasteiger partial charge is 0.217 e. The van der Waals surface area contributed by atoms with Gasteiger partial charge in [0.05, 0.1) is 0 Å². The van der Waals surface area contributed by atoms with Crippen molar-refractivity contribution in [3.8, 4) is 0 Å². The zero-order chi connectivity index (χ0) is 11.9. The quantitative estimate of drug-likeness (QED) is 0.505. The van der Waals surface area contributed by atoms with Crippen LogP contribution in [0.1, 0.15) is 60.3 Å². The largest absolute Gasteiger partial charge is 0.427 e. The van der Waals surface area contributed by atoms with Gasteiger partial charge in [-0.3, -0.25) is 0 Å². The Morgan fingerprint density at radius 3 is 2.00 bits per heavy atom. The van der Waals surface area contributed by atoms with Gasteiger partial charge in [-0.05, 0) is 23.9 Å². The van der Waals surface area contributed by atoms with Crippen LogP contribution in [0.4, 0.5) is 0 Å². The van der Waals surface area contributed by atoms with Crippen LogP contribution in [0.25, 0.3) is 0 Å². The van der Waals surface area contributed by atoms with E-state index in [1.165, 1.54) is 19.3 Å². The van der Waals surface area contributed by atoms with Crippen molar-refractivity contribution in [3.05, 3.63) is 11.8 Å². The van der Waals surface area contributed by atoms with E-state index in [1.807, 2.05) is 0 Å². The van der Waals surface area contributed by atoms with Gasteiger partial charge in [0.15, 0.2) is 0 Å². The highest BCUT2D eigenvalue weighted by Crippen LogP contribution is 2.30. The molecule has 0 unspecified atom stereocenters. The number of hydrogen-bond donors (Lipinski definition) is 1. The number of allylic oxidation sites excluding steroid dienone is 1. The predicted molar refractivity (Wildman–Crippen MR) is 71.5 cm³/mol. The van der Waals surface area contributed by atoms with Crippen molar-refractivity contribution in [2.75, 3.05) is 0 Å². The minimum Gasteiger partial charge on any atom is -0.427 e. The highest BCUT2D eigenvalue weighted by atomic mass is 28.4. The van der Waals surface area contributed by atoms with Crippen molar-refractivity contribution in [2.24, 2.45) is 0 Å². The zero-order valence-electron chi connectivity index (χ0n) is 11.1. The van der Waals surface area contributed by atoms with Gasteiger partial charge in [-0.25, -0.2) is 0 Å². The van der Waals surface area contributed by atoms with Gasteiger partial charge in [-0.15, -0.1) is 0 Å². The summed E-state index contributed by atoms with van der Waals surface area (Å²) in [7, 11) is -2.14. The highest BCUT2D eigenvalue weighted by molar-refractivity contribution is 6.79. The summed E-state index contributed by atoms with van der Waals surface area (Å²) in [6.45, 7) is 10.8. The van der Waals surface area contributed by atoms with Crippen LogP contribution in [0.3, 0.4) is 0 Å². The molecule has 0 spiro atoms. The summed E-state index contributed by atoms with van der Waals surface area (Å²) in [4.78, 5) is 10.6. The van der Waals surface area contributed by atoms with Crippen LogP contribution < -0.4 is 0 Å². The van der Waals surface area contributed by atoms with Crippen molar-refractivity contribution in [3.63, 3.8) is 0 Å². The van der Waals surface area contributed by atoms with E-state index in [1.54, 1.807) is 0 Å². The number of unbranched alkanes of at least 4 members (excludes halogenated alkanes) is 3. The van der Waals surface area contributed by atoms with E-state index in [4.69, 9.17) is 0 Å². The third-order valence-electron chi connectivity index (χ3n) is 3.21. The van der Waals surface area contributed by atoms with Crippen molar-refractivity contribution >= 4 is 8.32 Å². The zero-order valence-corrected chi connectivity index (χ0v) is 12.1. The first-order valence-corrected chi connectivity index (χ1v) is 8.53. The van der Waals surface area contributed by atoms with Gasteiger partial charge >= 0.3 is 0 Å². The van der Waals surface area contributed by atoms with Gasteiger partial charge in [0.1, 0.15) is 0 Å². The second-order valence-corrected chi connectivity index (χ2v) is 9.51. The molecule has 0 radical (unpaired) electrons. The van der Waals surface area contributed by atoms with Crippen molar-refractivity contribution < 1.29 is 4.80 Å². The molecule has 2 heteroatoms. The van der Waals surface area contributed by atoms with E-state index in [0.717, 1.165) is 6.42 Å². The molecule has 0 rings (SSSR count). The lowest BCUT2D eigenvalue weighted by molar-refractivity contribution is 0.511. The fraction of sp³-hybridized carbons (Fsp3) is 0.846. The summed E-state index contributed by atoms with van der Waals surface area (Å²) in [6, 6.07) is 0. The average Bonchev–Trinajstić information content (AvgIpc) is 2.16. The van der Waals surface area contributed by atoms with Gasteiger partial charge in [0, 0.05) is 0 Å². The molecule has 1 nitrogen and oxygen atoms in total. The minimum absolute atomic E-state index is 0.417. The molecular formula is C13H28OSi. The Morgan fingerprint density at radius 2 is 1.60 bits per heavy atom. The fourth-order valence-corrected chi connectivity index (χ4v) is 4.48. The van der Waals surface area contributed by atoms with Crippen molar-refractivity contribution in [2.45, 2.75) is 71.4 Å². The van der Waals surface area contributed by atoms with Crippen LogP contribution in [0.5, 0.6) is 0 Å². The van der Waals surface area contributed by atoms with Gasteiger partial charge in [-0.2, -0.15) is 0 Å². The maximum atomic E-state index is 10.6. The Balaban J connectivity index is 4.17. The number of rotatable bonds is 7. The van der Waals surface area contributed by atoms with Gasteiger partial charge in [-0.1, -0.05) is 59.2 Å². The summed E-state index contributed by atoms with van der Waals surface area (Å²) in [5, 5.41) is 0. The molecule has 0 aliphatic rings. The molecule has 0 saturated carbocycles. The molecular weight excluding hydrogens is 200 g/mol. The lowest BCUT2D eigenvalue weighted by Gasteiger charge is -2.29. The van der Waals surface area contributed by atoms with E-state index >= 15 is 0 Å². The van der Waals surface area contributed by atoms with Gasteiger partial charge < -0.3 is 4.80 Å². The molecule has 0 amide bonds. The van der Waals surface area contributed by atoms with Crippen LogP contribution in [0.2, 0.25) is 11.1 Å². The maximum Gasteiger partial charge on any atom is 0.217 e. The van der Waals surface area contributed by atoms with Crippen LogP contribution >= 0.6 is 0 Å². The average molecular weight is 228 g/mol. The molecule has 0 heterocycles. The Morgan fingerprint density at radius 1 is 1.07 bits per heavy atom. The summed E-state index contributed by atoms with van der Waals surface area (Å²) < 4.78 is 0. The van der Waals surface area contributed by atoms with Gasteiger partial charge in [0.25, 0.3) is 0 Å². The Hall–Kier alpha value is -0.0831. The minimum atomic E-state index is -2.14. The molecule has 0 aromatic heterocycles. The molecule has 0 aromatic carbocycles. The predicted octanol–water partition coefficient (Wildman–Crippen LogP) is 4.42. The molecule has 1 N–H and O–H groups in total. The molecule has 0 aliphatic heterocycles. The van der Waals surface area contributed by atoms with Gasteiger partial charge in [0.2, 0.25) is 8.32 Å². The summed E-state index contributed by atoms with van der Waals surface area (Å²) >= 11 is 0. The highest BCUT2D eigenvalue weighted by Gasteiger charge is 2.35. The van der Waals surface area contributed by atoms with Crippen LogP contribution in [0.15, 0.2) is 11.8 Å². The van der Waals surface area contributed by atoms with E-state index in [9.17, 15) is 4.80 Å². The molecule has 0 saturated heterocycles. The normalized spacial score (nSPS) is 13.3. The summed E-state index contributed by atoms with van der Waals surface area (Å²) in [5.74, 6) is 0. The molecule has 90 valence electrons.